The van der Waals surface area contributed by atoms with Crippen LogP contribution in [-0.2, 0) is 14.4 Å². The van der Waals surface area contributed by atoms with Crippen molar-refractivity contribution in [1.29, 1.82) is 5.26 Å². The maximum absolute atomic E-state index is 12.0. The minimum absolute atomic E-state index is 0.104. The fraction of sp³-hybridized carbons (Fsp3) is 0.714. The number of likely N-dealkylation sites (tertiary alicyclic amines) is 1. The lowest BCUT2D eigenvalue weighted by molar-refractivity contribution is -0.169. The molecule has 1 fully saturated rings. The van der Waals surface area contributed by atoms with Crippen molar-refractivity contribution in [3.63, 3.8) is 0 Å². The number of carbonyl (C=O) groups excluding carboxylic acids is 3. The zero-order valence-electron chi connectivity index (χ0n) is 19.2. The Morgan fingerprint density at radius 2 is 1.84 bits per heavy atom. The maximum atomic E-state index is 12.0. The topological polar surface area (TPSA) is 116 Å². The zero-order valence-corrected chi connectivity index (χ0v) is 19.2. The van der Waals surface area contributed by atoms with E-state index in [9.17, 15) is 22.8 Å². The zero-order chi connectivity index (χ0) is 25.0. The summed E-state index contributed by atoms with van der Waals surface area (Å²) in [6, 6.07) is 1.47. The normalized spacial score (nSPS) is 18.2. The molecular formula is C21H35F3N4O3. The van der Waals surface area contributed by atoms with Crippen LogP contribution in [0.15, 0.2) is 12.7 Å². The first-order valence-corrected chi connectivity index (χ1v) is 9.75. The first-order chi connectivity index (χ1) is 13.9. The van der Waals surface area contributed by atoms with Crippen LogP contribution in [0.3, 0.4) is 0 Å². The van der Waals surface area contributed by atoms with Gasteiger partial charge < -0.3 is 16.0 Å². The lowest BCUT2D eigenvalue weighted by atomic mass is 9.84. The van der Waals surface area contributed by atoms with Crippen LogP contribution in [0, 0.1) is 28.1 Å². The van der Waals surface area contributed by atoms with Gasteiger partial charge in [0.2, 0.25) is 12.3 Å². The molecule has 10 heteroatoms. The minimum Gasteiger partial charge on any atom is -0.362 e. The Morgan fingerprint density at radius 3 is 2.10 bits per heavy atom. The maximum Gasteiger partial charge on any atom is 0.470 e. The third-order valence-corrected chi connectivity index (χ3v) is 4.57. The van der Waals surface area contributed by atoms with Gasteiger partial charge in [-0.3, -0.25) is 14.4 Å². The average molecular weight is 449 g/mol. The van der Waals surface area contributed by atoms with Crippen LogP contribution >= 0.6 is 0 Å². The molecule has 0 saturated carbocycles. The van der Waals surface area contributed by atoms with E-state index >= 15 is 0 Å². The molecule has 3 N–H and O–H groups in total. The highest BCUT2D eigenvalue weighted by molar-refractivity contribution is 5.79. The summed E-state index contributed by atoms with van der Waals surface area (Å²) in [4.78, 5) is 32.9. The van der Waals surface area contributed by atoms with Gasteiger partial charge >= 0.3 is 12.1 Å². The summed E-state index contributed by atoms with van der Waals surface area (Å²) in [7, 11) is 0. The molecule has 0 spiro atoms. The highest BCUT2D eigenvalue weighted by Crippen LogP contribution is 2.35. The Labute approximate surface area is 182 Å². The molecule has 2 atom stereocenters. The predicted molar refractivity (Wildman–Crippen MR) is 112 cm³/mol. The van der Waals surface area contributed by atoms with Crippen LogP contribution in [0.5, 0.6) is 0 Å². The Morgan fingerprint density at radius 1 is 1.35 bits per heavy atom. The molecule has 31 heavy (non-hydrogen) atoms. The number of rotatable bonds is 5. The van der Waals surface area contributed by atoms with E-state index in [1.807, 2.05) is 11.0 Å². The second-order valence-electron chi connectivity index (χ2n) is 9.25. The van der Waals surface area contributed by atoms with Gasteiger partial charge in [0.15, 0.2) is 0 Å². The molecule has 0 aliphatic carbocycles. The molecule has 1 aliphatic heterocycles. The van der Waals surface area contributed by atoms with Gasteiger partial charge in [0, 0.05) is 19.5 Å². The quantitative estimate of drug-likeness (QED) is 0.496. The van der Waals surface area contributed by atoms with Crippen molar-refractivity contribution in [3.05, 3.63) is 12.7 Å². The molecule has 7 nitrogen and oxygen atoms in total. The molecule has 1 aliphatic rings. The van der Waals surface area contributed by atoms with Crippen molar-refractivity contribution in [1.82, 2.24) is 10.2 Å². The molecular weight excluding hydrogens is 413 g/mol. The van der Waals surface area contributed by atoms with Crippen LogP contribution in [-0.4, -0.2) is 48.4 Å². The van der Waals surface area contributed by atoms with E-state index < -0.39 is 18.1 Å². The number of nitriles is 1. The highest BCUT2D eigenvalue weighted by Gasteiger charge is 2.38. The van der Waals surface area contributed by atoms with E-state index in [1.165, 1.54) is 0 Å². The van der Waals surface area contributed by atoms with E-state index in [-0.39, 0.29) is 10.8 Å². The molecule has 178 valence electrons. The lowest BCUT2D eigenvalue weighted by Crippen LogP contribution is -2.32. The van der Waals surface area contributed by atoms with E-state index in [0.29, 0.717) is 31.1 Å². The number of hydrogen-bond acceptors (Lipinski definition) is 4. The molecule has 1 heterocycles. The lowest BCUT2D eigenvalue weighted by Gasteiger charge is -2.24. The largest absolute Gasteiger partial charge is 0.470 e. The summed E-state index contributed by atoms with van der Waals surface area (Å²) in [5.41, 5.74) is 4.20. The summed E-state index contributed by atoms with van der Waals surface area (Å²) >= 11 is 0. The van der Waals surface area contributed by atoms with Crippen LogP contribution in [0.2, 0.25) is 0 Å². The molecule has 1 saturated heterocycles. The third-order valence-electron chi connectivity index (χ3n) is 4.57. The number of carbonyl (C=O) groups is 3. The average Bonchev–Trinajstić information content (AvgIpc) is 2.87. The number of nitrogens with two attached hydrogens (primary N) is 1. The van der Waals surface area contributed by atoms with E-state index in [2.05, 4.69) is 59.2 Å². The van der Waals surface area contributed by atoms with Crippen LogP contribution in [0.4, 0.5) is 13.2 Å². The molecule has 0 radical (unpaired) electrons. The fourth-order valence-corrected chi connectivity index (χ4v) is 2.45. The van der Waals surface area contributed by atoms with E-state index in [4.69, 9.17) is 10.1 Å². The number of primary amides is 1. The van der Waals surface area contributed by atoms with Gasteiger partial charge in [0.25, 0.3) is 0 Å². The number of nitrogens with one attached hydrogen (secondary N) is 1. The third kappa shape index (κ3) is 14.1. The Bertz CT molecular complexity index is 640. The molecule has 0 aromatic rings. The van der Waals surface area contributed by atoms with Gasteiger partial charge in [-0.05, 0) is 23.2 Å². The number of alkyl halides is 3. The SMILES string of the molecule is C=CCC(C#N)NC=O.CC1CN(C(=O)CC(C)(C)C)CC1(C)C.NC(=O)C(F)(F)F. The number of nitrogens with zero attached hydrogens (tertiary/aromatic N) is 2. The fourth-order valence-electron chi connectivity index (χ4n) is 2.45. The standard InChI is InChI=1S/C13H25NO.C6H8N2O.C2H2F3NO/c1-10-8-14(9-13(10,5)6)11(15)7-12(2,3)4;1-2-3-6(4-7)8-5-9;3-2(4,5)1(6)7/h10H,7-9H2,1-6H3;2,5-6H,1,3H2,(H,8,9);(H2,6,7). The Kier molecular flexibility index (Phi) is 12.8. The molecule has 1 rings (SSSR count). The number of halogens is 3. The number of amides is 3. The monoisotopic (exact) mass is 448 g/mol. The van der Waals surface area contributed by atoms with Gasteiger partial charge in [0.1, 0.15) is 6.04 Å². The first-order valence-electron chi connectivity index (χ1n) is 9.75. The summed E-state index contributed by atoms with van der Waals surface area (Å²) in [6.07, 6.45) is -1.60. The molecule has 0 aromatic carbocycles. The second kappa shape index (κ2) is 13.0. The smallest absolute Gasteiger partial charge is 0.362 e. The molecule has 3 amide bonds. The molecule has 2 unspecified atom stereocenters. The van der Waals surface area contributed by atoms with Crippen molar-refractivity contribution in [2.75, 3.05) is 13.1 Å². The summed E-state index contributed by atoms with van der Waals surface area (Å²) in [5, 5.41) is 10.6. The van der Waals surface area contributed by atoms with Crippen molar-refractivity contribution in [3.8, 4) is 6.07 Å². The van der Waals surface area contributed by atoms with Crippen LogP contribution in [0.25, 0.3) is 0 Å². The van der Waals surface area contributed by atoms with Gasteiger partial charge in [-0.25, -0.2) is 0 Å². The van der Waals surface area contributed by atoms with Gasteiger partial charge in [0.05, 0.1) is 6.07 Å². The predicted octanol–water partition coefficient (Wildman–Crippen LogP) is 3.16. The highest BCUT2D eigenvalue weighted by atomic mass is 19.4. The van der Waals surface area contributed by atoms with Crippen LogP contribution in [0.1, 0.15) is 54.4 Å². The van der Waals surface area contributed by atoms with Gasteiger partial charge in [-0.2, -0.15) is 18.4 Å². The molecule has 0 bridgehead atoms. The van der Waals surface area contributed by atoms with Crippen molar-refractivity contribution < 1.29 is 27.6 Å². The van der Waals surface area contributed by atoms with E-state index in [1.54, 1.807) is 6.08 Å². The first kappa shape index (κ1) is 30.6. The van der Waals surface area contributed by atoms with Crippen LogP contribution < -0.4 is 11.1 Å². The van der Waals surface area contributed by atoms with E-state index in [0.717, 1.165) is 13.1 Å². The number of hydrogen-bond donors (Lipinski definition) is 2. The summed E-state index contributed by atoms with van der Waals surface area (Å²) in [5.74, 6) is -1.33. The van der Waals surface area contributed by atoms with Crippen molar-refractivity contribution in [2.45, 2.75) is 66.6 Å². The Hall–Kier alpha value is -2.57. The Balaban J connectivity index is 0. The summed E-state index contributed by atoms with van der Waals surface area (Å²) in [6.45, 7) is 18.4. The van der Waals surface area contributed by atoms with Crippen molar-refractivity contribution in [2.24, 2.45) is 22.5 Å². The summed E-state index contributed by atoms with van der Waals surface area (Å²) < 4.78 is 32.1. The second-order valence-corrected chi connectivity index (χ2v) is 9.25. The van der Waals surface area contributed by atoms with Crippen molar-refractivity contribution >= 4 is 18.2 Å². The van der Waals surface area contributed by atoms with Gasteiger partial charge in [-0.1, -0.05) is 47.6 Å². The van der Waals surface area contributed by atoms with Gasteiger partial charge in [-0.15, -0.1) is 6.58 Å². The molecule has 0 aromatic heterocycles. The minimum atomic E-state index is -4.86.